The number of nitrogens with one attached hydrogen (secondary N) is 1. The number of unbranched alkanes of at least 4 members (excludes halogenated alkanes) is 3. The zero-order valence-corrected chi connectivity index (χ0v) is 11.6. The van der Waals surface area contributed by atoms with Gasteiger partial charge < -0.3 is 9.73 Å². The summed E-state index contributed by atoms with van der Waals surface area (Å²) in [5, 5.41) is 3.52. The maximum atomic E-state index is 5.66. The average molecular weight is 237 g/mol. The largest absolute Gasteiger partial charge is 0.465 e. The minimum Gasteiger partial charge on any atom is -0.465 e. The normalized spacial score (nSPS) is 12.9. The van der Waals surface area contributed by atoms with E-state index in [9.17, 15) is 0 Å². The molecule has 0 aliphatic carbocycles. The molecule has 98 valence electrons. The Kier molecular flexibility index (Phi) is 7.02. The van der Waals surface area contributed by atoms with E-state index in [4.69, 9.17) is 4.42 Å². The number of rotatable bonds is 9. The molecule has 0 aromatic carbocycles. The van der Waals surface area contributed by atoms with Crippen LogP contribution in [-0.4, -0.2) is 6.04 Å². The van der Waals surface area contributed by atoms with Crippen LogP contribution in [0, 0.1) is 0 Å². The van der Waals surface area contributed by atoms with E-state index in [-0.39, 0.29) is 0 Å². The van der Waals surface area contributed by atoms with Crippen molar-refractivity contribution in [3.8, 4) is 0 Å². The predicted molar refractivity (Wildman–Crippen MR) is 73.1 cm³/mol. The molecule has 1 unspecified atom stereocenters. The van der Waals surface area contributed by atoms with Crippen molar-refractivity contribution >= 4 is 0 Å². The molecule has 2 nitrogen and oxygen atoms in total. The van der Waals surface area contributed by atoms with Gasteiger partial charge in [0.25, 0.3) is 0 Å². The standard InChI is InChI=1S/C15H27NO/c1-4-6-7-8-9-13(3)16-12-15-11-10-14(5-2)17-15/h10-11,13,16H,4-9,12H2,1-3H3. The summed E-state index contributed by atoms with van der Waals surface area (Å²) in [6.07, 6.45) is 7.62. The zero-order valence-electron chi connectivity index (χ0n) is 11.6. The summed E-state index contributed by atoms with van der Waals surface area (Å²) in [6.45, 7) is 7.49. The van der Waals surface area contributed by atoms with Gasteiger partial charge in [-0.15, -0.1) is 0 Å². The summed E-state index contributed by atoms with van der Waals surface area (Å²) < 4.78 is 5.66. The molecule has 1 rings (SSSR count). The number of furan rings is 1. The smallest absolute Gasteiger partial charge is 0.117 e. The van der Waals surface area contributed by atoms with Gasteiger partial charge in [-0.2, -0.15) is 0 Å². The monoisotopic (exact) mass is 237 g/mol. The van der Waals surface area contributed by atoms with Gasteiger partial charge in [-0.1, -0.05) is 39.5 Å². The quantitative estimate of drug-likeness (QED) is 0.648. The van der Waals surface area contributed by atoms with E-state index >= 15 is 0 Å². The van der Waals surface area contributed by atoms with Crippen LogP contribution in [0.15, 0.2) is 16.5 Å². The van der Waals surface area contributed by atoms with Crippen molar-refractivity contribution in [1.29, 1.82) is 0 Å². The Bertz CT molecular complexity index is 293. The molecule has 0 bridgehead atoms. The van der Waals surface area contributed by atoms with Crippen LogP contribution in [0.3, 0.4) is 0 Å². The number of aryl methyl sites for hydroxylation is 1. The minimum absolute atomic E-state index is 0.585. The Labute approximate surface area is 106 Å². The second-order valence-corrected chi connectivity index (χ2v) is 4.85. The van der Waals surface area contributed by atoms with Crippen molar-refractivity contribution in [3.05, 3.63) is 23.7 Å². The Balaban J connectivity index is 2.12. The van der Waals surface area contributed by atoms with E-state index in [0.717, 1.165) is 24.5 Å². The van der Waals surface area contributed by atoms with Crippen LogP contribution in [0.4, 0.5) is 0 Å². The van der Waals surface area contributed by atoms with E-state index in [1.165, 1.54) is 32.1 Å². The van der Waals surface area contributed by atoms with Gasteiger partial charge in [0.05, 0.1) is 6.54 Å². The first-order valence-corrected chi connectivity index (χ1v) is 7.07. The van der Waals surface area contributed by atoms with Crippen molar-refractivity contribution in [2.75, 3.05) is 0 Å². The topological polar surface area (TPSA) is 25.2 Å². The average Bonchev–Trinajstić information content (AvgIpc) is 2.80. The Morgan fingerprint density at radius 3 is 2.53 bits per heavy atom. The zero-order chi connectivity index (χ0) is 12.5. The second-order valence-electron chi connectivity index (χ2n) is 4.85. The molecule has 1 N–H and O–H groups in total. The van der Waals surface area contributed by atoms with Crippen LogP contribution in [-0.2, 0) is 13.0 Å². The van der Waals surface area contributed by atoms with E-state index < -0.39 is 0 Å². The highest BCUT2D eigenvalue weighted by Gasteiger charge is 2.04. The molecule has 0 aliphatic heterocycles. The van der Waals surface area contributed by atoms with E-state index in [2.05, 4.69) is 38.2 Å². The molecule has 1 heterocycles. The lowest BCUT2D eigenvalue weighted by molar-refractivity contribution is 0.417. The second kappa shape index (κ2) is 8.35. The van der Waals surface area contributed by atoms with Crippen LogP contribution in [0.1, 0.15) is 64.4 Å². The molecule has 0 spiro atoms. The third-order valence-electron chi connectivity index (χ3n) is 3.18. The fraction of sp³-hybridized carbons (Fsp3) is 0.733. The highest BCUT2D eigenvalue weighted by Crippen LogP contribution is 2.09. The van der Waals surface area contributed by atoms with Gasteiger partial charge in [0, 0.05) is 12.5 Å². The lowest BCUT2D eigenvalue weighted by atomic mass is 10.1. The minimum atomic E-state index is 0.585. The third-order valence-corrected chi connectivity index (χ3v) is 3.18. The van der Waals surface area contributed by atoms with Gasteiger partial charge in [0.2, 0.25) is 0 Å². The van der Waals surface area contributed by atoms with Gasteiger partial charge in [-0.3, -0.25) is 0 Å². The SMILES string of the molecule is CCCCCCC(C)NCc1ccc(CC)o1. The molecule has 0 radical (unpaired) electrons. The first kappa shape index (κ1) is 14.3. The van der Waals surface area contributed by atoms with Crippen molar-refractivity contribution < 1.29 is 4.42 Å². The fourth-order valence-corrected chi connectivity index (χ4v) is 1.96. The molecular weight excluding hydrogens is 210 g/mol. The summed E-state index contributed by atoms with van der Waals surface area (Å²) in [5.74, 6) is 2.14. The van der Waals surface area contributed by atoms with E-state index in [0.29, 0.717) is 6.04 Å². The molecule has 1 atom stereocenters. The Morgan fingerprint density at radius 1 is 1.12 bits per heavy atom. The summed E-state index contributed by atoms with van der Waals surface area (Å²) in [7, 11) is 0. The van der Waals surface area contributed by atoms with Crippen molar-refractivity contribution in [1.82, 2.24) is 5.32 Å². The van der Waals surface area contributed by atoms with Gasteiger partial charge >= 0.3 is 0 Å². The first-order chi connectivity index (χ1) is 8.26. The van der Waals surface area contributed by atoms with Crippen molar-refractivity contribution in [2.45, 2.75) is 71.9 Å². The molecule has 0 saturated carbocycles. The fourth-order valence-electron chi connectivity index (χ4n) is 1.96. The Hall–Kier alpha value is -0.760. The van der Waals surface area contributed by atoms with Crippen LogP contribution in [0.5, 0.6) is 0 Å². The van der Waals surface area contributed by atoms with Crippen LogP contribution < -0.4 is 5.32 Å². The maximum Gasteiger partial charge on any atom is 0.117 e. The predicted octanol–water partition coefficient (Wildman–Crippen LogP) is 4.29. The van der Waals surface area contributed by atoms with Crippen LogP contribution in [0.2, 0.25) is 0 Å². The van der Waals surface area contributed by atoms with Gasteiger partial charge in [-0.05, 0) is 25.5 Å². The number of hydrogen-bond donors (Lipinski definition) is 1. The summed E-state index contributed by atoms with van der Waals surface area (Å²) in [5.41, 5.74) is 0. The molecular formula is C15H27NO. The highest BCUT2D eigenvalue weighted by molar-refractivity contribution is 5.06. The molecule has 1 aromatic rings. The van der Waals surface area contributed by atoms with Gasteiger partial charge in [0.1, 0.15) is 11.5 Å². The lowest BCUT2D eigenvalue weighted by Gasteiger charge is -2.12. The lowest BCUT2D eigenvalue weighted by Crippen LogP contribution is -2.25. The van der Waals surface area contributed by atoms with Crippen LogP contribution >= 0.6 is 0 Å². The third kappa shape index (κ3) is 5.92. The molecule has 0 amide bonds. The van der Waals surface area contributed by atoms with Gasteiger partial charge in [0.15, 0.2) is 0 Å². The molecule has 0 fully saturated rings. The summed E-state index contributed by atoms with van der Waals surface area (Å²) in [6, 6.07) is 4.74. The van der Waals surface area contributed by atoms with Crippen molar-refractivity contribution in [2.24, 2.45) is 0 Å². The molecule has 17 heavy (non-hydrogen) atoms. The molecule has 0 aliphatic rings. The van der Waals surface area contributed by atoms with Crippen LogP contribution in [0.25, 0.3) is 0 Å². The molecule has 1 aromatic heterocycles. The number of hydrogen-bond acceptors (Lipinski definition) is 2. The summed E-state index contributed by atoms with van der Waals surface area (Å²) in [4.78, 5) is 0. The highest BCUT2D eigenvalue weighted by atomic mass is 16.3. The molecule has 0 saturated heterocycles. The Morgan fingerprint density at radius 2 is 1.88 bits per heavy atom. The first-order valence-electron chi connectivity index (χ1n) is 7.07. The maximum absolute atomic E-state index is 5.66. The van der Waals surface area contributed by atoms with E-state index in [1.807, 2.05) is 0 Å². The van der Waals surface area contributed by atoms with Crippen molar-refractivity contribution in [3.63, 3.8) is 0 Å². The van der Waals surface area contributed by atoms with E-state index in [1.54, 1.807) is 0 Å². The summed E-state index contributed by atoms with van der Waals surface area (Å²) >= 11 is 0. The molecule has 2 heteroatoms. The van der Waals surface area contributed by atoms with Gasteiger partial charge in [-0.25, -0.2) is 0 Å².